The van der Waals surface area contributed by atoms with Crippen LogP contribution in [0.5, 0.6) is 0 Å². The molecule has 1 N–H and O–H groups in total. The molecule has 21 heavy (non-hydrogen) atoms. The van der Waals surface area contributed by atoms with Gasteiger partial charge in [0.05, 0.1) is 0 Å². The third-order valence-corrected chi connectivity index (χ3v) is 3.64. The standard InChI is InChI=1S/C16H12F3NO/c17-12-5-2-1-4-9(12)10-8-11(10)16(21)20-15-13(18)6-3-7-14(15)19/h1-7,10-11H,8H2,(H,20,21). The maximum absolute atomic E-state index is 13.6. The molecule has 0 bridgehead atoms. The van der Waals surface area contributed by atoms with E-state index in [1.807, 2.05) is 0 Å². The number of nitrogens with one attached hydrogen (secondary N) is 1. The summed E-state index contributed by atoms with van der Waals surface area (Å²) in [6.45, 7) is 0. The second-order valence-corrected chi connectivity index (χ2v) is 5.06. The van der Waals surface area contributed by atoms with Gasteiger partial charge in [0.25, 0.3) is 0 Å². The quantitative estimate of drug-likeness (QED) is 0.914. The first-order valence-corrected chi connectivity index (χ1v) is 6.57. The van der Waals surface area contributed by atoms with Gasteiger partial charge in [-0.3, -0.25) is 4.79 Å². The molecular weight excluding hydrogens is 279 g/mol. The van der Waals surface area contributed by atoms with Crippen LogP contribution in [0.4, 0.5) is 18.9 Å². The van der Waals surface area contributed by atoms with Crippen molar-refractivity contribution in [1.82, 2.24) is 0 Å². The Morgan fingerprint density at radius 3 is 2.24 bits per heavy atom. The number of carbonyl (C=O) groups excluding carboxylic acids is 1. The van der Waals surface area contributed by atoms with E-state index in [2.05, 4.69) is 5.32 Å². The molecule has 1 aliphatic carbocycles. The molecule has 1 fully saturated rings. The Kier molecular flexibility index (Phi) is 3.41. The molecule has 0 spiro atoms. The van der Waals surface area contributed by atoms with Gasteiger partial charge in [0.15, 0.2) is 0 Å². The van der Waals surface area contributed by atoms with Gasteiger partial charge in [-0.25, -0.2) is 13.2 Å². The Labute approximate surface area is 119 Å². The maximum atomic E-state index is 13.6. The number of para-hydroxylation sites is 1. The van der Waals surface area contributed by atoms with Crippen molar-refractivity contribution >= 4 is 11.6 Å². The third-order valence-electron chi connectivity index (χ3n) is 3.64. The van der Waals surface area contributed by atoms with Crippen molar-refractivity contribution in [3.63, 3.8) is 0 Å². The fourth-order valence-electron chi connectivity index (χ4n) is 2.44. The first-order valence-electron chi connectivity index (χ1n) is 6.57. The van der Waals surface area contributed by atoms with Gasteiger partial charge < -0.3 is 5.32 Å². The van der Waals surface area contributed by atoms with Crippen LogP contribution in [0, 0.1) is 23.4 Å². The van der Waals surface area contributed by atoms with E-state index in [4.69, 9.17) is 0 Å². The Balaban J connectivity index is 1.73. The average Bonchev–Trinajstić information content (AvgIpc) is 3.24. The Hall–Kier alpha value is -2.30. The second kappa shape index (κ2) is 5.24. The molecule has 2 unspecified atom stereocenters. The number of rotatable bonds is 3. The fourth-order valence-corrected chi connectivity index (χ4v) is 2.44. The van der Waals surface area contributed by atoms with Gasteiger partial charge in [-0.1, -0.05) is 24.3 Å². The zero-order chi connectivity index (χ0) is 15.0. The van der Waals surface area contributed by atoms with E-state index >= 15 is 0 Å². The van der Waals surface area contributed by atoms with E-state index in [9.17, 15) is 18.0 Å². The van der Waals surface area contributed by atoms with E-state index in [0.29, 0.717) is 12.0 Å². The zero-order valence-electron chi connectivity index (χ0n) is 10.9. The van der Waals surface area contributed by atoms with Crippen molar-refractivity contribution in [3.8, 4) is 0 Å². The molecular formula is C16H12F3NO. The topological polar surface area (TPSA) is 29.1 Å². The summed E-state index contributed by atoms with van der Waals surface area (Å²) in [6, 6.07) is 9.59. The average molecular weight is 291 g/mol. The molecule has 3 rings (SSSR count). The third kappa shape index (κ3) is 2.63. The highest BCUT2D eigenvalue weighted by molar-refractivity contribution is 5.95. The van der Waals surface area contributed by atoms with Crippen LogP contribution >= 0.6 is 0 Å². The van der Waals surface area contributed by atoms with Gasteiger partial charge in [0.1, 0.15) is 23.1 Å². The van der Waals surface area contributed by atoms with Crippen LogP contribution < -0.4 is 5.32 Å². The number of benzene rings is 2. The Bertz CT molecular complexity index is 681. The molecule has 0 heterocycles. The molecule has 0 radical (unpaired) electrons. The summed E-state index contributed by atoms with van der Waals surface area (Å²) < 4.78 is 40.5. The van der Waals surface area contributed by atoms with Gasteiger partial charge in [-0.2, -0.15) is 0 Å². The summed E-state index contributed by atoms with van der Waals surface area (Å²) >= 11 is 0. The molecule has 1 amide bonds. The van der Waals surface area contributed by atoms with Gasteiger partial charge in [-0.05, 0) is 36.1 Å². The van der Waals surface area contributed by atoms with Crippen molar-refractivity contribution in [3.05, 3.63) is 65.5 Å². The minimum Gasteiger partial charge on any atom is -0.321 e. The van der Waals surface area contributed by atoms with Crippen LogP contribution in [-0.4, -0.2) is 5.91 Å². The van der Waals surface area contributed by atoms with Crippen molar-refractivity contribution < 1.29 is 18.0 Å². The molecule has 0 aliphatic heterocycles. The monoisotopic (exact) mass is 291 g/mol. The normalized spacial score (nSPS) is 20.1. The highest BCUT2D eigenvalue weighted by atomic mass is 19.1. The molecule has 2 aromatic rings. The summed E-state index contributed by atoms with van der Waals surface area (Å²) in [5.41, 5.74) is 0.00772. The van der Waals surface area contributed by atoms with Crippen LogP contribution in [0.25, 0.3) is 0 Å². The smallest absolute Gasteiger partial charge is 0.228 e. The van der Waals surface area contributed by atoms with Crippen LogP contribution in [0.3, 0.4) is 0 Å². The zero-order valence-corrected chi connectivity index (χ0v) is 10.9. The van der Waals surface area contributed by atoms with Gasteiger partial charge >= 0.3 is 0 Å². The lowest BCUT2D eigenvalue weighted by Gasteiger charge is -2.07. The molecule has 1 aliphatic rings. The second-order valence-electron chi connectivity index (χ2n) is 5.06. The number of carbonyl (C=O) groups is 1. The highest BCUT2D eigenvalue weighted by Gasteiger charge is 2.45. The lowest BCUT2D eigenvalue weighted by Crippen LogP contribution is -2.16. The minimum atomic E-state index is -0.827. The fraction of sp³-hybridized carbons (Fsp3) is 0.188. The largest absolute Gasteiger partial charge is 0.321 e. The first kappa shape index (κ1) is 13.7. The number of hydrogen-bond acceptors (Lipinski definition) is 1. The molecule has 0 aromatic heterocycles. The van der Waals surface area contributed by atoms with E-state index in [1.54, 1.807) is 18.2 Å². The number of anilines is 1. The van der Waals surface area contributed by atoms with Crippen molar-refractivity contribution in [2.75, 3.05) is 5.32 Å². The summed E-state index contributed by atoms with van der Waals surface area (Å²) in [4.78, 5) is 12.0. The minimum absolute atomic E-state index is 0.235. The van der Waals surface area contributed by atoms with Gasteiger partial charge in [-0.15, -0.1) is 0 Å². The van der Waals surface area contributed by atoms with Crippen LogP contribution in [-0.2, 0) is 4.79 Å². The predicted octanol–water partition coefficient (Wildman–Crippen LogP) is 3.85. The van der Waals surface area contributed by atoms with Gasteiger partial charge in [0.2, 0.25) is 5.91 Å². The Morgan fingerprint density at radius 1 is 0.952 bits per heavy atom. The van der Waals surface area contributed by atoms with Gasteiger partial charge in [0, 0.05) is 5.92 Å². The van der Waals surface area contributed by atoms with E-state index in [0.717, 1.165) is 12.1 Å². The summed E-state index contributed by atoms with van der Waals surface area (Å²) in [5.74, 6) is -3.21. The van der Waals surface area contributed by atoms with Crippen LogP contribution in [0.15, 0.2) is 42.5 Å². The molecule has 0 saturated heterocycles. The molecule has 1 saturated carbocycles. The summed E-state index contributed by atoms with van der Waals surface area (Å²) in [5, 5.41) is 2.25. The number of hydrogen-bond donors (Lipinski definition) is 1. The molecule has 5 heteroatoms. The maximum Gasteiger partial charge on any atom is 0.228 e. The lowest BCUT2D eigenvalue weighted by atomic mass is 10.1. The number of amides is 1. The highest BCUT2D eigenvalue weighted by Crippen LogP contribution is 2.48. The summed E-state index contributed by atoms with van der Waals surface area (Å²) in [6.07, 6.45) is 0.475. The Morgan fingerprint density at radius 2 is 1.57 bits per heavy atom. The summed E-state index contributed by atoms with van der Waals surface area (Å²) in [7, 11) is 0. The van der Waals surface area contributed by atoms with E-state index in [-0.39, 0.29) is 11.7 Å². The van der Waals surface area contributed by atoms with Crippen molar-refractivity contribution in [2.45, 2.75) is 12.3 Å². The lowest BCUT2D eigenvalue weighted by molar-refractivity contribution is -0.117. The van der Waals surface area contributed by atoms with Crippen LogP contribution in [0.2, 0.25) is 0 Å². The van der Waals surface area contributed by atoms with Crippen LogP contribution in [0.1, 0.15) is 17.9 Å². The van der Waals surface area contributed by atoms with Crippen molar-refractivity contribution in [2.24, 2.45) is 5.92 Å². The predicted molar refractivity (Wildman–Crippen MR) is 72.2 cm³/mol. The molecule has 108 valence electrons. The number of halogens is 3. The SMILES string of the molecule is O=C(Nc1c(F)cccc1F)C1CC1c1ccccc1F. The van der Waals surface area contributed by atoms with E-state index < -0.39 is 29.1 Å². The first-order chi connectivity index (χ1) is 10.1. The molecule has 2 atom stereocenters. The van der Waals surface area contributed by atoms with E-state index in [1.165, 1.54) is 12.1 Å². The van der Waals surface area contributed by atoms with Crippen molar-refractivity contribution in [1.29, 1.82) is 0 Å². The molecule has 2 nitrogen and oxygen atoms in total. The molecule has 2 aromatic carbocycles.